The highest BCUT2D eigenvalue weighted by Crippen LogP contribution is 2.07. The van der Waals surface area contributed by atoms with Crippen LogP contribution in [0.4, 0.5) is 4.79 Å². The zero-order valence-corrected chi connectivity index (χ0v) is 11.4. The monoisotopic (exact) mass is 280 g/mol. The number of nitrogens with two attached hydrogens (primary N) is 2. The first-order valence-corrected chi connectivity index (χ1v) is 5.96. The lowest BCUT2D eigenvalue weighted by molar-refractivity contribution is -0.120. The molecule has 0 aliphatic heterocycles. The molecule has 0 radical (unpaired) electrons. The maximum Gasteiger partial charge on any atom is 0.318 e. The number of amides is 3. The van der Waals surface area contributed by atoms with E-state index in [4.69, 9.17) is 23.7 Å². The van der Waals surface area contributed by atoms with Crippen LogP contribution in [0.5, 0.6) is 0 Å². The molecule has 0 heterocycles. The highest BCUT2D eigenvalue weighted by atomic mass is 32.1. The molecule has 0 atom stereocenters. The lowest BCUT2D eigenvalue weighted by Crippen LogP contribution is -2.41. The molecule has 1 rings (SSSR count). The summed E-state index contributed by atoms with van der Waals surface area (Å²) in [5.41, 5.74) is 12.2. The Kier molecular flexibility index (Phi) is 5.40. The second kappa shape index (κ2) is 6.81. The van der Waals surface area contributed by atoms with E-state index in [0.717, 1.165) is 11.1 Å². The van der Waals surface area contributed by atoms with E-state index < -0.39 is 11.9 Å². The van der Waals surface area contributed by atoms with Gasteiger partial charge in [-0.1, -0.05) is 30.4 Å². The first kappa shape index (κ1) is 15.1. The van der Waals surface area contributed by atoms with Gasteiger partial charge in [-0.15, -0.1) is 0 Å². The van der Waals surface area contributed by atoms with E-state index >= 15 is 0 Å². The summed E-state index contributed by atoms with van der Waals surface area (Å²) >= 11 is 4.90. The van der Waals surface area contributed by atoms with Crippen molar-refractivity contribution in [3.05, 3.63) is 35.4 Å². The van der Waals surface area contributed by atoms with Gasteiger partial charge in [0.15, 0.2) is 0 Å². The van der Waals surface area contributed by atoms with Crippen molar-refractivity contribution in [1.29, 1.82) is 0 Å². The lowest BCUT2D eigenvalue weighted by Gasteiger charge is -2.16. The van der Waals surface area contributed by atoms with Gasteiger partial charge >= 0.3 is 6.03 Å². The number of likely N-dealkylation sites (N-methyl/N-ethyl adjacent to an activating group) is 1. The summed E-state index contributed by atoms with van der Waals surface area (Å²) in [6.07, 6.45) is 0. The van der Waals surface area contributed by atoms with Crippen molar-refractivity contribution in [3.63, 3.8) is 0 Å². The van der Waals surface area contributed by atoms with Gasteiger partial charge in [-0.25, -0.2) is 4.79 Å². The summed E-state index contributed by atoms with van der Waals surface area (Å²) < 4.78 is 0. The van der Waals surface area contributed by atoms with E-state index in [1.54, 1.807) is 11.9 Å². The number of hydrogen-bond acceptors (Lipinski definition) is 4. The Morgan fingerprint density at radius 3 is 2.63 bits per heavy atom. The molecule has 0 aromatic heterocycles. The van der Waals surface area contributed by atoms with Gasteiger partial charge in [0.2, 0.25) is 5.91 Å². The highest BCUT2D eigenvalue weighted by Gasteiger charge is 2.09. The van der Waals surface area contributed by atoms with Crippen LogP contribution < -0.4 is 16.8 Å². The maximum atomic E-state index is 11.3. The number of benzene rings is 1. The van der Waals surface area contributed by atoms with E-state index in [1.165, 1.54) is 0 Å². The van der Waals surface area contributed by atoms with E-state index in [1.807, 2.05) is 29.6 Å². The fourth-order valence-electron chi connectivity index (χ4n) is 1.61. The zero-order valence-electron chi connectivity index (χ0n) is 10.6. The third kappa shape index (κ3) is 5.45. The second-order valence-electron chi connectivity index (χ2n) is 4.15. The number of carbonyl (C=O) groups is 2. The Bertz CT molecular complexity index is 504. The molecule has 0 aliphatic carbocycles. The Morgan fingerprint density at radius 2 is 2.05 bits per heavy atom. The smallest absolute Gasteiger partial charge is 0.318 e. The number of nitrogens with zero attached hydrogens (tertiary/aromatic N) is 1. The van der Waals surface area contributed by atoms with Gasteiger partial charge < -0.3 is 11.5 Å². The quantitative estimate of drug-likeness (QED) is 0.656. The van der Waals surface area contributed by atoms with Crippen molar-refractivity contribution in [3.8, 4) is 0 Å². The van der Waals surface area contributed by atoms with Crippen LogP contribution in [0.1, 0.15) is 11.1 Å². The van der Waals surface area contributed by atoms with Crippen LogP contribution in [0, 0.1) is 0 Å². The van der Waals surface area contributed by atoms with Gasteiger partial charge in [-0.2, -0.15) is 0 Å². The van der Waals surface area contributed by atoms with Gasteiger partial charge in [0.05, 0.1) is 6.54 Å². The van der Waals surface area contributed by atoms with Crippen LogP contribution in [0.3, 0.4) is 0 Å². The first-order chi connectivity index (χ1) is 8.88. The highest BCUT2D eigenvalue weighted by molar-refractivity contribution is 7.80. The van der Waals surface area contributed by atoms with Crippen LogP contribution in [0.15, 0.2) is 24.3 Å². The number of primary amides is 1. The molecular formula is C12H16N4O2S. The minimum atomic E-state index is -0.853. The van der Waals surface area contributed by atoms with Gasteiger partial charge in [0.25, 0.3) is 0 Å². The maximum absolute atomic E-state index is 11.3. The molecule has 0 saturated carbocycles. The lowest BCUT2D eigenvalue weighted by atomic mass is 10.1. The van der Waals surface area contributed by atoms with Crippen LogP contribution in [0.2, 0.25) is 0 Å². The molecule has 1 aromatic rings. The molecule has 7 heteroatoms. The number of rotatable bonds is 5. The van der Waals surface area contributed by atoms with Crippen molar-refractivity contribution >= 4 is 29.1 Å². The van der Waals surface area contributed by atoms with Crippen LogP contribution >= 0.6 is 12.2 Å². The molecule has 102 valence electrons. The van der Waals surface area contributed by atoms with Crippen molar-refractivity contribution < 1.29 is 9.59 Å². The zero-order chi connectivity index (χ0) is 14.4. The van der Waals surface area contributed by atoms with E-state index in [0.29, 0.717) is 11.5 Å². The van der Waals surface area contributed by atoms with Crippen LogP contribution in [-0.2, 0) is 11.3 Å². The van der Waals surface area contributed by atoms with Crippen molar-refractivity contribution in [2.24, 2.45) is 11.5 Å². The molecule has 19 heavy (non-hydrogen) atoms. The van der Waals surface area contributed by atoms with Gasteiger partial charge in [0, 0.05) is 12.1 Å². The summed E-state index contributed by atoms with van der Waals surface area (Å²) in [5.74, 6) is -0.444. The Hall–Kier alpha value is -1.99. The molecular weight excluding hydrogens is 264 g/mol. The molecule has 0 fully saturated rings. The molecule has 0 bridgehead atoms. The number of thiocarbonyl (C=S) groups is 1. The fraction of sp³-hybridized carbons (Fsp3) is 0.250. The molecule has 0 spiro atoms. The summed E-state index contributed by atoms with van der Waals surface area (Å²) in [6.45, 7) is 0.600. The van der Waals surface area contributed by atoms with Crippen molar-refractivity contribution in [2.75, 3.05) is 13.6 Å². The van der Waals surface area contributed by atoms with E-state index in [9.17, 15) is 9.59 Å². The minimum absolute atomic E-state index is 0.0697. The third-order valence-corrected chi connectivity index (χ3v) is 2.58. The van der Waals surface area contributed by atoms with Gasteiger partial charge in [-0.05, 0) is 18.7 Å². The normalized spacial score (nSPS) is 10.2. The largest absolute Gasteiger partial charge is 0.389 e. The summed E-state index contributed by atoms with van der Waals surface area (Å²) in [4.78, 5) is 23.9. The molecule has 0 saturated heterocycles. The molecule has 0 aliphatic rings. The standard InChI is InChI=1S/C12H16N4O2S/c1-16(7-10(17)15-12(14)18)6-8-3-2-4-9(5-8)11(13)19/h2-5H,6-7H2,1H3,(H2,13,19)(H3,14,15,17,18). The van der Waals surface area contributed by atoms with E-state index in [2.05, 4.69) is 0 Å². The Morgan fingerprint density at radius 1 is 1.37 bits per heavy atom. The topological polar surface area (TPSA) is 101 Å². The van der Waals surface area contributed by atoms with Crippen molar-refractivity contribution in [2.45, 2.75) is 6.54 Å². The third-order valence-electron chi connectivity index (χ3n) is 2.34. The summed E-state index contributed by atoms with van der Waals surface area (Å²) in [6, 6.07) is 6.59. The Balaban J connectivity index is 2.59. The molecule has 3 amide bonds. The average Bonchev–Trinajstić information content (AvgIpc) is 2.27. The summed E-state index contributed by atoms with van der Waals surface area (Å²) in [7, 11) is 1.76. The van der Waals surface area contributed by atoms with Crippen molar-refractivity contribution in [1.82, 2.24) is 10.2 Å². The van der Waals surface area contributed by atoms with Crippen LogP contribution in [0.25, 0.3) is 0 Å². The van der Waals surface area contributed by atoms with Gasteiger partial charge in [-0.3, -0.25) is 15.0 Å². The second-order valence-corrected chi connectivity index (χ2v) is 4.59. The predicted octanol–water partition coefficient (Wildman–Crippen LogP) is -0.0525. The number of urea groups is 1. The first-order valence-electron chi connectivity index (χ1n) is 5.55. The molecule has 5 N–H and O–H groups in total. The number of nitrogens with one attached hydrogen (secondary N) is 1. The fourth-order valence-corrected chi connectivity index (χ4v) is 1.74. The minimum Gasteiger partial charge on any atom is -0.389 e. The number of imide groups is 1. The Labute approximate surface area is 116 Å². The van der Waals surface area contributed by atoms with Gasteiger partial charge in [0.1, 0.15) is 4.99 Å². The SMILES string of the molecule is CN(CC(=O)NC(N)=O)Cc1cccc(C(N)=S)c1. The number of hydrogen-bond donors (Lipinski definition) is 3. The van der Waals surface area contributed by atoms with Crippen LogP contribution in [-0.4, -0.2) is 35.4 Å². The predicted molar refractivity (Wildman–Crippen MR) is 76.4 cm³/mol. The molecule has 1 aromatic carbocycles. The number of carbonyl (C=O) groups excluding carboxylic acids is 2. The average molecular weight is 280 g/mol. The van der Waals surface area contributed by atoms with E-state index in [-0.39, 0.29) is 6.54 Å². The molecule has 0 unspecified atom stereocenters. The summed E-state index contributed by atoms with van der Waals surface area (Å²) in [5, 5.41) is 2.01. The molecule has 6 nitrogen and oxygen atoms in total.